The number of nitrogens with zero attached hydrogens (tertiary/aromatic N) is 4. The third kappa shape index (κ3) is 3.99. The molecule has 4 rings (SSSR count). The number of pyridine rings is 2. The monoisotopic (exact) mass is 390 g/mol. The van der Waals surface area contributed by atoms with Crippen LogP contribution in [0, 0.1) is 6.92 Å². The van der Waals surface area contributed by atoms with Gasteiger partial charge in [-0.25, -0.2) is 4.98 Å². The molecule has 0 aliphatic carbocycles. The van der Waals surface area contributed by atoms with Gasteiger partial charge in [-0.3, -0.25) is 14.8 Å². The maximum Gasteiger partial charge on any atom is 0.266 e. The molecule has 0 spiro atoms. The molecule has 0 aliphatic heterocycles. The summed E-state index contributed by atoms with van der Waals surface area (Å²) in [6.07, 6.45) is 6.81. The number of thiazole rings is 1. The maximum absolute atomic E-state index is 13.4. The second-order valence-electron chi connectivity index (χ2n) is 6.25. The van der Waals surface area contributed by atoms with E-state index in [2.05, 4.69) is 15.0 Å². The zero-order chi connectivity index (χ0) is 19.3. The SMILES string of the molecule is Cc1nc(-c2ccccn2)sc1C(=O)N(Cc1cccnc1)Cc1ccco1. The van der Waals surface area contributed by atoms with Crippen molar-refractivity contribution in [1.82, 2.24) is 19.9 Å². The minimum atomic E-state index is -0.0857. The molecule has 0 saturated carbocycles. The minimum Gasteiger partial charge on any atom is -0.467 e. The van der Waals surface area contributed by atoms with E-state index in [1.807, 2.05) is 49.4 Å². The lowest BCUT2D eigenvalue weighted by atomic mass is 10.2. The first-order chi connectivity index (χ1) is 13.7. The Kier molecular flexibility index (Phi) is 5.25. The van der Waals surface area contributed by atoms with Crippen molar-refractivity contribution in [3.05, 3.63) is 89.2 Å². The van der Waals surface area contributed by atoms with Gasteiger partial charge in [0.05, 0.1) is 24.2 Å². The van der Waals surface area contributed by atoms with Crippen LogP contribution in [0.2, 0.25) is 0 Å². The van der Waals surface area contributed by atoms with Crippen LogP contribution in [-0.4, -0.2) is 25.8 Å². The van der Waals surface area contributed by atoms with E-state index in [4.69, 9.17) is 4.42 Å². The van der Waals surface area contributed by atoms with Gasteiger partial charge in [0.25, 0.3) is 5.91 Å². The molecule has 0 saturated heterocycles. The first-order valence-electron chi connectivity index (χ1n) is 8.80. The van der Waals surface area contributed by atoms with E-state index in [9.17, 15) is 4.79 Å². The number of carbonyl (C=O) groups is 1. The van der Waals surface area contributed by atoms with Gasteiger partial charge in [0.15, 0.2) is 0 Å². The molecule has 6 nitrogen and oxygen atoms in total. The summed E-state index contributed by atoms with van der Waals surface area (Å²) in [6, 6.07) is 13.2. The van der Waals surface area contributed by atoms with Crippen molar-refractivity contribution in [2.24, 2.45) is 0 Å². The van der Waals surface area contributed by atoms with E-state index in [1.54, 1.807) is 29.8 Å². The van der Waals surface area contributed by atoms with Crippen LogP contribution in [0.25, 0.3) is 10.7 Å². The number of aryl methyl sites for hydroxylation is 1. The Labute approximate surface area is 166 Å². The van der Waals surface area contributed by atoms with Crippen LogP contribution in [0.1, 0.15) is 26.7 Å². The number of rotatable bonds is 6. The van der Waals surface area contributed by atoms with Gasteiger partial charge in [-0.15, -0.1) is 11.3 Å². The van der Waals surface area contributed by atoms with Crippen LogP contribution < -0.4 is 0 Å². The average Bonchev–Trinajstić information content (AvgIpc) is 3.38. The Morgan fingerprint density at radius 2 is 2.04 bits per heavy atom. The van der Waals surface area contributed by atoms with Crippen LogP contribution in [0.5, 0.6) is 0 Å². The smallest absolute Gasteiger partial charge is 0.266 e. The fraction of sp³-hybridized carbons (Fsp3) is 0.143. The molecule has 0 fully saturated rings. The van der Waals surface area contributed by atoms with Gasteiger partial charge in [-0.05, 0) is 42.8 Å². The molecule has 0 aromatic carbocycles. The molecule has 0 atom stereocenters. The highest BCUT2D eigenvalue weighted by Gasteiger charge is 2.23. The molecule has 0 N–H and O–H groups in total. The highest BCUT2D eigenvalue weighted by molar-refractivity contribution is 7.17. The second kappa shape index (κ2) is 8.14. The lowest BCUT2D eigenvalue weighted by molar-refractivity contribution is 0.0721. The standard InChI is InChI=1S/C21H18N4O2S/c1-15-19(28-20(24-15)18-8-2-3-10-23-18)21(26)25(14-17-7-5-11-27-17)13-16-6-4-9-22-12-16/h2-12H,13-14H2,1H3. The third-order valence-corrected chi connectivity index (χ3v) is 5.35. The van der Waals surface area contributed by atoms with E-state index >= 15 is 0 Å². The summed E-state index contributed by atoms with van der Waals surface area (Å²) in [5, 5.41) is 0.737. The maximum atomic E-state index is 13.4. The number of furan rings is 1. The van der Waals surface area contributed by atoms with Gasteiger partial charge in [0.1, 0.15) is 15.6 Å². The summed E-state index contributed by atoms with van der Waals surface area (Å²) in [7, 11) is 0. The highest BCUT2D eigenvalue weighted by atomic mass is 32.1. The lowest BCUT2D eigenvalue weighted by Gasteiger charge is -2.21. The van der Waals surface area contributed by atoms with E-state index in [0.29, 0.717) is 23.7 Å². The fourth-order valence-corrected chi connectivity index (χ4v) is 3.85. The van der Waals surface area contributed by atoms with Gasteiger partial charge in [0.2, 0.25) is 0 Å². The number of aromatic nitrogens is 3. The summed E-state index contributed by atoms with van der Waals surface area (Å²) in [5.41, 5.74) is 2.42. The minimum absolute atomic E-state index is 0.0857. The summed E-state index contributed by atoms with van der Waals surface area (Å²) >= 11 is 1.36. The van der Waals surface area contributed by atoms with Gasteiger partial charge < -0.3 is 9.32 Å². The van der Waals surface area contributed by atoms with Crippen molar-refractivity contribution in [3.8, 4) is 10.7 Å². The first kappa shape index (κ1) is 18.1. The summed E-state index contributed by atoms with van der Waals surface area (Å²) in [6.45, 7) is 2.66. The summed E-state index contributed by atoms with van der Waals surface area (Å²) < 4.78 is 5.46. The fourth-order valence-electron chi connectivity index (χ4n) is 2.84. The predicted molar refractivity (Wildman–Crippen MR) is 107 cm³/mol. The lowest BCUT2D eigenvalue weighted by Crippen LogP contribution is -2.30. The largest absolute Gasteiger partial charge is 0.467 e. The van der Waals surface area contributed by atoms with Gasteiger partial charge in [-0.1, -0.05) is 12.1 Å². The van der Waals surface area contributed by atoms with E-state index < -0.39 is 0 Å². The van der Waals surface area contributed by atoms with Crippen LogP contribution in [-0.2, 0) is 13.1 Å². The molecule has 1 amide bonds. The quantitative estimate of drug-likeness (QED) is 0.490. The molecule has 4 aromatic rings. The molecular weight excluding hydrogens is 372 g/mol. The average molecular weight is 390 g/mol. The number of carbonyl (C=O) groups excluding carboxylic acids is 1. The summed E-state index contributed by atoms with van der Waals surface area (Å²) in [4.78, 5) is 28.8. The van der Waals surface area contributed by atoms with Crippen molar-refractivity contribution >= 4 is 17.2 Å². The molecule has 0 bridgehead atoms. The molecule has 4 aromatic heterocycles. The highest BCUT2D eigenvalue weighted by Crippen LogP contribution is 2.28. The zero-order valence-corrected chi connectivity index (χ0v) is 16.1. The van der Waals surface area contributed by atoms with Crippen molar-refractivity contribution in [1.29, 1.82) is 0 Å². The molecular formula is C21H18N4O2S. The Hall–Kier alpha value is -3.32. The third-order valence-electron chi connectivity index (χ3n) is 4.19. The Balaban J connectivity index is 1.64. The van der Waals surface area contributed by atoms with Crippen LogP contribution in [0.3, 0.4) is 0 Å². The molecule has 28 heavy (non-hydrogen) atoms. The van der Waals surface area contributed by atoms with Crippen LogP contribution in [0.15, 0.2) is 71.7 Å². The Morgan fingerprint density at radius 1 is 1.11 bits per heavy atom. The van der Waals surface area contributed by atoms with Crippen molar-refractivity contribution < 1.29 is 9.21 Å². The number of hydrogen-bond acceptors (Lipinski definition) is 6. The van der Waals surface area contributed by atoms with Gasteiger partial charge >= 0.3 is 0 Å². The van der Waals surface area contributed by atoms with Crippen LogP contribution >= 0.6 is 11.3 Å². The topological polar surface area (TPSA) is 72.1 Å². The zero-order valence-electron chi connectivity index (χ0n) is 15.3. The molecule has 0 unspecified atom stereocenters. The number of hydrogen-bond donors (Lipinski definition) is 0. The van der Waals surface area contributed by atoms with Crippen molar-refractivity contribution in [2.75, 3.05) is 0 Å². The second-order valence-corrected chi connectivity index (χ2v) is 7.25. The van der Waals surface area contributed by atoms with E-state index in [1.165, 1.54) is 11.3 Å². The van der Waals surface area contributed by atoms with Gasteiger partial charge in [-0.2, -0.15) is 0 Å². The summed E-state index contributed by atoms with van der Waals surface area (Å²) in [5.74, 6) is 0.641. The molecule has 0 aliphatic rings. The molecule has 7 heteroatoms. The Morgan fingerprint density at radius 3 is 2.75 bits per heavy atom. The number of amides is 1. The van der Waals surface area contributed by atoms with E-state index in [-0.39, 0.29) is 5.91 Å². The van der Waals surface area contributed by atoms with Crippen molar-refractivity contribution in [3.63, 3.8) is 0 Å². The van der Waals surface area contributed by atoms with Crippen LogP contribution in [0.4, 0.5) is 0 Å². The van der Waals surface area contributed by atoms with Gasteiger partial charge in [0, 0.05) is 25.1 Å². The normalized spacial score (nSPS) is 10.8. The Bertz CT molecular complexity index is 1050. The molecule has 4 heterocycles. The van der Waals surface area contributed by atoms with Crippen molar-refractivity contribution in [2.45, 2.75) is 20.0 Å². The molecule has 140 valence electrons. The van der Waals surface area contributed by atoms with E-state index in [0.717, 1.165) is 22.0 Å². The molecule has 0 radical (unpaired) electrons. The first-order valence-corrected chi connectivity index (χ1v) is 9.62. The predicted octanol–water partition coefficient (Wildman–Crippen LogP) is 4.34.